The molecule has 0 radical (unpaired) electrons. The summed E-state index contributed by atoms with van der Waals surface area (Å²) in [6, 6.07) is 1.72. The van der Waals surface area contributed by atoms with E-state index in [1.807, 2.05) is 0 Å². The van der Waals surface area contributed by atoms with Crippen LogP contribution in [-0.2, 0) is 11.4 Å². The molecule has 0 aliphatic heterocycles. The van der Waals surface area contributed by atoms with E-state index in [1.54, 1.807) is 19.4 Å². The minimum absolute atomic E-state index is 0.209. The first-order valence-electron chi connectivity index (χ1n) is 3.71. The van der Waals surface area contributed by atoms with Gasteiger partial charge < -0.3 is 9.47 Å². The van der Waals surface area contributed by atoms with Crippen molar-refractivity contribution in [2.45, 2.75) is 6.61 Å². The molecule has 0 fully saturated rings. The van der Waals surface area contributed by atoms with E-state index in [4.69, 9.17) is 15.4 Å². The lowest BCUT2D eigenvalue weighted by molar-refractivity contribution is 0.119. The molecule has 0 aliphatic rings. The Morgan fingerprint density at radius 1 is 1.38 bits per heavy atom. The van der Waals surface area contributed by atoms with Crippen LogP contribution in [0.4, 0.5) is 0 Å². The molecule has 5 nitrogen and oxygen atoms in total. The summed E-state index contributed by atoms with van der Waals surface area (Å²) in [4.78, 5) is 8.50. The quantitative estimate of drug-likeness (QED) is 0.690. The highest BCUT2D eigenvalue weighted by Gasteiger charge is 2.10. The number of pyridine rings is 1. The molecule has 13 heavy (non-hydrogen) atoms. The van der Waals surface area contributed by atoms with Gasteiger partial charge in [-0.1, -0.05) is 0 Å². The lowest BCUT2D eigenvalue weighted by atomic mass is 10.2. The molecule has 0 atom stereocenters. The highest BCUT2D eigenvalue weighted by molar-refractivity contribution is 5.39. The number of aromatic nitrogens is 1. The van der Waals surface area contributed by atoms with Crippen molar-refractivity contribution in [1.82, 2.24) is 4.98 Å². The number of hydrogen-bond donors (Lipinski definition) is 1. The Morgan fingerprint density at radius 2 is 2.15 bits per heavy atom. The van der Waals surface area contributed by atoms with Crippen LogP contribution in [0.2, 0.25) is 0 Å². The van der Waals surface area contributed by atoms with Crippen molar-refractivity contribution < 1.29 is 14.3 Å². The van der Waals surface area contributed by atoms with Crippen LogP contribution in [0.5, 0.6) is 11.6 Å². The molecule has 0 saturated carbocycles. The summed E-state index contributed by atoms with van der Waals surface area (Å²) >= 11 is 0. The monoisotopic (exact) mass is 184 g/mol. The summed E-state index contributed by atoms with van der Waals surface area (Å²) in [5.41, 5.74) is 0.704. The predicted octanol–water partition coefficient (Wildman–Crippen LogP) is 0.489. The van der Waals surface area contributed by atoms with Crippen molar-refractivity contribution in [3.8, 4) is 11.6 Å². The van der Waals surface area contributed by atoms with Crippen LogP contribution in [0.3, 0.4) is 0 Å². The van der Waals surface area contributed by atoms with E-state index >= 15 is 0 Å². The van der Waals surface area contributed by atoms with Crippen LogP contribution in [0.25, 0.3) is 0 Å². The Labute approximate surface area is 76.4 Å². The molecule has 0 unspecified atom stereocenters. The van der Waals surface area contributed by atoms with Gasteiger partial charge in [-0.05, 0) is 6.07 Å². The number of ether oxygens (including phenoxy) is 2. The second-order valence-electron chi connectivity index (χ2n) is 2.31. The van der Waals surface area contributed by atoms with E-state index < -0.39 is 0 Å². The molecule has 1 aromatic heterocycles. The van der Waals surface area contributed by atoms with Crippen LogP contribution < -0.4 is 15.4 Å². The van der Waals surface area contributed by atoms with Gasteiger partial charge in [-0.2, -0.15) is 0 Å². The molecule has 0 bridgehead atoms. The van der Waals surface area contributed by atoms with E-state index in [-0.39, 0.29) is 6.61 Å². The summed E-state index contributed by atoms with van der Waals surface area (Å²) in [7, 11) is 3.09. The fourth-order valence-electron chi connectivity index (χ4n) is 1.04. The number of methoxy groups -OCH3 is 2. The Bertz CT molecular complexity index is 256. The summed E-state index contributed by atoms with van der Waals surface area (Å²) in [5.74, 6) is 6.08. The number of rotatable bonds is 4. The van der Waals surface area contributed by atoms with Crippen LogP contribution in [-0.4, -0.2) is 19.2 Å². The first kappa shape index (κ1) is 9.76. The van der Waals surface area contributed by atoms with Crippen molar-refractivity contribution >= 4 is 0 Å². The fraction of sp³-hybridized carbons (Fsp3) is 0.375. The molecule has 1 rings (SSSR count). The van der Waals surface area contributed by atoms with E-state index in [1.165, 1.54) is 7.11 Å². The van der Waals surface area contributed by atoms with Gasteiger partial charge in [0.25, 0.3) is 0 Å². The van der Waals surface area contributed by atoms with Crippen molar-refractivity contribution in [1.29, 1.82) is 0 Å². The van der Waals surface area contributed by atoms with Crippen molar-refractivity contribution in [3.63, 3.8) is 0 Å². The average molecular weight is 184 g/mol. The lowest BCUT2D eigenvalue weighted by Crippen LogP contribution is -2.04. The molecular weight excluding hydrogens is 172 g/mol. The molecule has 0 amide bonds. The van der Waals surface area contributed by atoms with Gasteiger partial charge in [0.15, 0.2) is 0 Å². The van der Waals surface area contributed by atoms with Gasteiger partial charge in [0.2, 0.25) is 5.88 Å². The molecule has 1 heterocycles. The molecule has 0 aromatic carbocycles. The maximum Gasteiger partial charge on any atom is 0.222 e. The van der Waals surface area contributed by atoms with Gasteiger partial charge in [0.05, 0.1) is 19.8 Å². The third kappa shape index (κ3) is 2.07. The van der Waals surface area contributed by atoms with Crippen molar-refractivity contribution in [3.05, 3.63) is 17.8 Å². The second-order valence-corrected chi connectivity index (χ2v) is 2.31. The zero-order chi connectivity index (χ0) is 9.68. The summed E-state index contributed by atoms with van der Waals surface area (Å²) in [6.45, 7) is 0.209. The first-order chi connectivity index (χ1) is 6.33. The topological polar surface area (TPSA) is 66.6 Å². The Morgan fingerprint density at radius 3 is 2.69 bits per heavy atom. The van der Waals surface area contributed by atoms with E-state index in [9.17, 15) is 0 Å². The number of nitrogens with zero attached hydrogens (tertiary/aromatic N) is 1. The van der Waals surface area contributed by atoms with Crippen molar-refractivity contribution in [2.24, 2.45) is 5.90 Å². The minimum Gasteiger partial charge on any atom is -0.496 e. The standard InChI is InChI=1S/C8H12N2O3/c1-11-7-3-4-10-8(12-2)6(7)5-13-9/h3-4H,5,9H2,1-2H3. The van der Waals surface area contributed by atoms with Gasteiger partial charge in [0.1, 0.15) is 12.4 Å². The van der Waals surface area contributed by atoms with E-state index in [0.29, 0.717) is 17.2 Å². The SMILES string of the molecule is COc1ccnc(OC)c1CON. The van der Waals surface area contributed by atoms with Gasteiger partial charge >= 0.3 is 0 Å². The summed E-state index contributed by atoms with van der Waals surface area (Å²) in [6.07, 6.45) is 1.59. The highest BCUT2D eigenvalue weighted by Crippen LogP contribution is 2.25. The maximum absolute atomic E-state index is 5.08. The average Bonchev–Trinajstić information content (AvgIpc) is 2.18. The van der Waals surface area contributed by atoms with E-state index in [0.717, 1.165) is 0 Å². The van der Waals surface area contributed by atoms with Crippen LogP contribution in [0.1, 0.15) is 5.56 Å². The zero-order valence-electron chi connectivity index (χ0n) is 7.61. The molecule has 0 spiro atoms. The molecule has 0 aliphatic carbocycles. The Kier molecular flexibility index (Phi) is 3.48. The third-order valence-electron chi connectivity index (χ3n) is 1.61. The molecular formula is C8H12N2O3. The minimum atomic E-state index is 0.209. The van der Waals surface area contributed by atoms with Gasteiger partial charge in [-0.25, -0.2) is 10.9 Å². The number of hydrogen-bond acceptors (Lipinski definition) is 5. The molecule has 5 heteroatoms. The Hall–Kier alpha value is -1.33. The fourth-order valence-corrected chi connectivity index (χ4v) is 1.04. The van der Waals surface area contributed by atoms with Crippen LogP contribution in [0, 0.1) is 0 Å². The zero-order valence-corrected chi connectivity index (χ0v) is 7.61. The lowest BCUT2D eigenvalue weighted by Gasteiger charge is -2.09. The van der Waals surface area contributed by atoms with Crippen LogP contribution in [0.15, 0.2) is 12.3 Å². The molecule has 72 valence electrons. The third-order valence-corrected chi connectivity index (χ3v) is 1.61. The maximum atomic E-state index is 5.08. The molecule has 1 aromatic rings. The second kappa shape index (κ2) is 4.64. The summed E-state index contributed by atoms with van der Waals surface area (Å²) < 4.78 is 10.1. The largest absolute Gasteiger partial charge is 0.496 e. The summed E-state index contributed by atoms with van der Waals surface area (Å²) in [5, 5.41) is 0. The highest BCUT2D eigenvalue weighted by atomic mass is 16.6. The molecule has 0 saturated heterocycles. The van der Waals surface area contributed by atoms with E-state index in [2.05, 4.69) is 9.82 Å². The first-order valence-corrected chi connectivity index (χ1v) is 3.71. The van der Waals surface area contributed by atoms with Crippen molar-refractivity contribution in [2.75, 3.05) is 14.2 Å². The van der Waals surface area contributed by atoms with Gasteiger partial charge in [-0.3, -0.25) is 4.84 Å². The Balaban J connectivity index is 3.05. The normalized spacial score (nSPS) is 9.77. The predicted molar refractivity (Wildman–Crippen MR) is 46.3 cm³/mol. The van der Waals surface area contributed by atoms with Crippen LogP contribution >= 0.6 is 0 Å². The smallest absolute Gasteiger partial charge is 0.222 e. The van der Waals surface area contributed by atoms with Gasteiger partial charge in [-0.15, -0.1) is 0 Å². The number of nitrogens with two attached hydrogens (primary N) is 1. The van der Waals surface area contributed by atoms with Gasteiger partial charge in [0, 0.05) is 6.20 Å². The molecule has 2 N–H and O–H groups in total.